The molecule has 0 saturated carbocycles. The van der Waals surface area contributed by atoms with Crippen molar-refractivity contribution >= 4 is 23.2 Å². The van der Waals surface area contributed by atoms with Crippen LogP contribution in [-0.2, 0) is 13.0 Å². The molecule has 0 aliphatic rings. The van der Waals surface area contributed by atoms with Gasteiger partial charge in [0.1, 0.15) is 24.0 Å². The summed E-state index contributed by atoms with van der Waals surface area (Å²) >= 11 is 12.0. The molecule has 0 aliphatic carbocycles. The Labute approximate surface area is 131 Å². The lowest BCUT2D eigenvalue weighted by atomic mass is 10.1. The molecule has 0 amide bonds. The average Bonchev–Trinajstić information content (AvgIpc) is 2.36. The van der Waals surface area contributed by atoms with Crippen molar-refractivity contribution in [2.24, 2.45) is 5.73 Å². The summed E-state index contributed by atoms with van der Waals surface area (Å²) in [5, 5.41) is 0.815. The molecule has 0 aromatic heterocycles. The van der Waals surface area contributed by atoms with E-state index in [2.05, 4.69) is 0 Å². The molecule has 0 saturated heterocycles. The Morgan fingerprint density at radius 1 is 1.00 bits per heavy atom. The second-order valence-corrected chi connectivity index (χ2v) is 5.32. The van der Waals surface area contributed by atoms with Crippen molar-refractivity contribution < 1.29 is 13.5 Å². The summed E-state index contributed by atoms with van der Waals surface area (Å²) in [4.78, 5) is 0. The molecule has 0 unspecified atom stereocenters. The van der Waals surface area contributed by atoms with E-state index < -0.39 is 11.6 Å². The SMILES string of the molecule is NCCc1cc(Cl)cc(Cl)c1OCc1cc(F)cc(F)c1. The first-order chi connectivity index (χ1) is 9.99. The quantitative estimate of drug-likeness (QED) is 0.883. The molecule has 21 heavy (non-hydrogen) atoms. The van der Waals surface area contributed by atoms with Gasteiger partial charge in [-0.2, -0.15) is 0 Å². The number of benzene rings is 2. The van der Waals surface area contributed by atoms with Crippen molar-refractivity contribution in [3.8, 4) is 5.75 Å². The normalized spacial score (nSPS) is 10.7. The van der Waals surface area contributed by atoms with E-state index in [0.717, 1.165) is 11.6 Å². The van der Waals surface area contributed by atoms with Gasteiger partial charge in [0.25, 0.3) is 0 Å². The Hall–Kier alpha value is -1.36. The Bertz CT molecular complexity index is 630. The molecule has 2 nitrogen and oxygen atoms in total. The second kappa shape index (κ2) is 7.07. The number of hydrogen-bond acceptors (Lipinski definition) is 2. The molecule has 0 aliphatic heterocycles. The molecule has 0 spiro atoms. The van der Waals surface area contributed by atoms with E-state index in [1.54, 1.807) is 12.1 Å². The lowest BCUT2D eigenvalue weighted by Crippen LogP contribution is -2.06. The summed E-state index contributed by atoms with van der Waals surface area (Å²) in [5.41, 5.74) is 6.66. The van der Waals surface area contributed by atoms with Gasteiger partial charge >= 0.3 is 0 Å². The fourth-order valence-corrected chi connectivity index (χ4v) is 2.56. The third-order valence-electron chi connectivity index (χ3n) is 2.80. The van der Waals surface area contributed by atoms with Gasteiger partial charge in [0.2, 0.25) is 0 Å². The summed E-state index contributed by atoms with van der Waals surface area (Å²) in [7, 11) is 0. The topological polar surface area (TPSA) is 35.2 Å². The van der Waals surface area contributed by atoms with Crippen LogP contribution < -0.4 is 10.5 Å². The van der Waals surface area contributed by atoms with Crippen LogP contribution in [0.3, 0.4) is 0 Å². The van der Waals surface area contributed by atoms with Gasteiger partial charge in [0.05, 0.1) is 5.02 Å². The lowest BCUT2D eigenvalue weighted by molar-refractivity contribution is 0.302. The number of halogens is 4. The highest BCUT2D eigenvalue weighted by molar-refractivity contribution is 6.35. The first-order valence-electron chi connectivity index (χ1n) is 6.25. The highest BCUT2D eigenvalue weighted by Crippen LogP contribution is 2.33. The molecular formula is C15H13Cl2F2NO. The highest BCUT2D eigenvalue weighted by atomic mass is 35.5. The van der Waals surface area contributed by atoms with Crippen LogP contribution in [0.5, 0.6) is 5.75 Å². The van der Waals surface area contributed by atoms with Gasteiger partial charge in [-0.15, -0.1) is 0 Å². The van der Waals surface area contributed by atoms with E-state index in [1.165, 1.54) is 12.1 Å². The second-order valence-electron chi connectivity index (χ2n) is 4.48. The van der Waals surface area contributed by atoms with Gasteiger partial charge < -0.3 is 10.5 Å². The number of nitrogens with two attached hydrogens (primary N) is 1. The van der Waals surface area contributed by atoms with E-state index >= 15 is 0 Å². The van der Waals surface area contributed by atoms with Crippen LogP contribution in [0.1, 0.15) is 11.1 Å². The summed E-state index contributed by atoms with van der Waals surface area (Å²) < 4.78 is 31.9. The average molecular weight is 332 g/mol. The third-order valence-corrected chi connectivity index (χ3v) is 3.30. The van der Waals surface area contributed by atoms with Crippen molar-refractivity contribution in [1.29, 1.82) is 0 Å². The molecule has 2 N–H and O–H groups in total. The monoisotopic (exact) mass is 331 g/mol. The van der Waals surface area contributed by atoms with Crippen LogP contribution in [0.2, 0.25) is 10.0 Å². The number of ether oxygens (including phenoxy) is 1. The molecule has 0 atom stereocenters. The maximum absolute atomic E-state index is 13.1. The number of hydrogen-bond donors (Lipinski definition) is 1. The van der Waals surface area contributed by atoms with Crippen LogP contribution in [-0.4, -0.2) is 6.54 Å². The van der Waals surface area contributed by atoms with Crippen molar-refractivity contribution in [1.82, 2.24) is 0 Å². The van der Waals surface area contributed by atoms with Gasteiger partial charge in [-0.25, -0.2) is 8.78 Å². The van der Waals surface area contributed by atoms with Crippen molar-refractivity contribution in [3.63, 3.8) is 0 Å². The van der Waals surface area contributed by atoms with Crippen LogP contribution in [0, 0.1) is 11.6 Å². The first kappa shape index (κ1) is 16.0. The van der Waals surface area contributed by atoms with E-state index in [1.807, 2.05) is 0 Å². The van der Waals surface area contributed by atoms with Gasteiger partial charge in [-0.3, -0.25) is 0 Å². The molecule has 2 rings (SSSR count). The molecule has 6 heteroatoms. The number of rotatable bonds is 5. The van der Waals surface area contributed by atoms with E-state index in [4.69, 9.17) is 33.7 Å². The zero-order valence-electron chi connectivity index (χ0n) is 11.0. The Kier molecular flexibility index (Phi) is 5.39. The minimum atomic E-state index is -0.655. The minimum absolute atomic E-state index is 0.00635. The zero-order valence-corrected chi connectivity index (χ0v) is 12.5. The molecule has 0 bridgehead atoms. The summed E-state index contributed by atoms with van der Waals surface area (Å²) in [6.45, 7) is 0.398. The van der Waals surface area contributed by atoms with Crippen LogP contribution in [0.4, 0.5) is 8.78 Å². The molecular weight excluding hydrogens is 319 g/mol. The van der Waals surface area contributed by atoms with Gasteiger partial charge in [-0.05, 0) is 48.4 Å². The van der Waals surface area contributed by atoms with Gasteiger partial charge in [0, 0.05) is 11.1 Å². The van der Waals surface area contributed by atoms with Gasteiger partial charge in [0.15, 0.2) is 0 Å². The molecule has 0 radical (unpaired) electrons. The zero-order chi connectivity index (χ0) is 15.4. The predicted molar refractivity (Wildman–Crippen MR) is 79.9 cm³/mol. The molecule has 0 heterocycles. The predicted octanol–water partition coefficient (Wildman–Crippen LogP) is 4.35. The smallest absolute Gasteiger partial charge is 0.141 e. The van der Waals surface area contributed by atoms with E-state index in [0.29, 0.717) is 34.3 Å². The molecule has 0 fully saturated rings. The summed E-state index contributed by atoms with van der Waals surface area (Å²) in [5.74, 6) is -0.882. The Morgan fingerprint density at radius 3 is 2.29 bits per heavy atom. The molecule has 2 aromatic rings. The summed E-state index contributed by atoms with van der Waals surface area (Å²) in [6.07, 6.45) is 0.535. The third kappa shape index (κ3) is 4.30. The highest BCUT2D eigenvalue weighted by Gasteiger charge is 2.11. The fraction of sp³-hybridized carbons (Fsp3) is 0.200. The van der Waals surface area contributed by atoms with E-state index in [-0.39, 0.29) is 6.61 Å². The van der Waals surface area contributed by atoms with E-state index in [9.17, 15) is 8.78 Å². The van der Waals surface area contributed by atoms with Crippen molar-refractivity contribution in [2.45, 2.75) is 13.0 Å². The maximum Gasteiger partial charge on any atom is 0.141 e. The Morgan fingerprint density at radius 2 is 1.67 bits per heavy atom. The van der Waals surface area contributed by atoms with Crippen LogP contribution in [0.25, 0.3) is 0 Å². The van der Waals surface area contributed by atoms with Crippen molar-refractivity contribution in [3.05, 3.63) is 63.1 Å². The first-order valence-corrected chi connectivity index (χ1v) is 7.01. The van der Waals surface area contributed by atoms with Crippen molar-refractivity contribution in [2.75, 3.05) is 6.54 Å². The maximum atomic E-state index is 13.1. The van der Waals surface area contributed by atoms with Crippen LogP contribution >= 0.6 is 23.2 Å². The molecule has 112 valence electrons. The fourth-order valence-electron chi connectivity index (χ4n) is 1.97. The largest absolute Gasteiger partial charge is 0.487 e. The summed E-state index contributed by atoms with van der Waals surface area (Å²) in [6, 6.07) is 6.47. The molecule has 2 aromatic carbocycles. The van der Waals surface area contributed by atoms with Gasteiger partial charge in [-0.1, -0.05) is 23.2 Å². The van der Waals surface area contributed by atoms with Crippen LogP contribution in [0.15, 0.2) is 30.3 Å². The standard InChI is InChI=1S/C15H13Cl2F2NO/c16-11-5-10(1-2-20)15(14(17)6-11)21-8-9-3-12(18)7-13(19)4-9/h3-7H,1-2,8,20H2. The Balaban J connectivity index is 2.22. The minimum Gasteiger partial charge on any atom is -0.487 e. The lowest BCUT2D eigenvalue weighted by Gasteiger charge is -2.13.